The van der Waals surface area contributed by atoms with Gasteiger partial charge in [-0.2, -0.15) is 0 Å². The maximum absolute atomic E-state index is 13.9. The zero-order valence-corrected chi connectivity index (χ0v) is 13.8. The number of likely N-dealkylation sites (tertiary alicyclic amines) is 1. The summed E-state index contributed by atoms with van der Waals surface area (Å²) in [5, 5.41) is 11.3. The molecule has 2 aliphatic rings. The highest BCUT2D eigenvalue weighted by molar-refractivity contribution is 5.97. The molecule has 134 valence electrons. The largest absolute Gasteiger partial charge is 0.481 e. The van der Waals surface area contributed by atoms with Crippen LogP contribution in [0.25, 0.3) is 0 Å². The molecule has 1 aromatic carbocycles. The Hall–Kier alpha value is -2.44. The summed E-state index contributed by atoms with van der Waals surface area (Å²) in [6.07, 6.45) is 4.00. The number of benzene rings is 1. The average Bonchev–Trinajstić information content (AvgIpc) is 3.18. The molecule has 2 amide bonds. The van der Waals surface area contributed by atoms with Gasteiger partial charge in [0.25, 0.3) is 0 Å². The number of carboxylic acid groups (broad SMARTS) is 1. The zero-order valence-electron chi connectivity index (χ0n) is 13.8. The number of anilines is 1. The van der Waals surface area contributed by atoms with Gasteiger partial charge in [0.1, 0.15) is 5.82 Å². The second kappa shape index (κ2) is 7.21. The number of carbonyl (C=O) groups is 3. The summed E-state index contributed by atoms with van der Waals surface area (Å²) in [4.78, 5) is 37.0. The highest BCUT2D eigenvalue weighted by Crippen LogP contribution is 2.30. The molecule has 0 radical (unpaired) electrons. The van der Waals surface area contributed by atoms with E-state index in [4.69, 9.17) is 5.11 Å². The van der Waals surface area contributed by atoms with Gasteiger partial charge in [-0.1, -0.05) is 18.9 Å². The van der Waals surface area contributed by atoms with Gasteiger partial charge in [-0.15, -0.1) is 0 Å². The normalized spacial score (nSPS) is 20.9. The van der Waals surface area contributed by atoms with Crippen molar-refractivity contribution in [2.75, 3.05) is 11.9 Å². The van der Waals surface area contributed by atoms with Crippen LogP contribution in [0.4, 0.5) is 10.1 Å². The van der Waals surface area contributed by atoms with Gasteiger partial charge in [-0.3, -0.25) is 14.4 Å². The van der Waals surface area contributed by atoms with Gasteiger partial charge in [-0.05, 0) is 30.5 Å². The molecule has 1 saturated carbocycles. The molecule has 0 aromatic heterocycles. The minimum absolute atomic E-state index is 0.00929. The molecule has 7 heteroatoms. The third-order valence-electron chi connectivity index (χ3n) is 4.96. The Labute approximate surface area is 145 Å². The third-order valence-corrected chi connectivity index (χ3v) is 4.96. The monoisotopic (exact) mass is 348 g/mol. The van der Waals surface area contributed by atoms with Crippen LogP contribution < -0.4 is 5.32 Å². The van der Waals surface area contributed by atoms with E-state index in [0.717, 1.165) is 31.7 Å². The van der Waals surface area contributed by atoms with Crippen LogP contribution in [0.15, 0.2) is 18.2 Å². The fourth-order valence-electron chi connectivity index (χ4n) is 3.65. The lowest BCUT2D eigenvalue weighted by Crippen LogP contribution is -2.35. The summed E-state index contributed by atoms with van der Waals surface area (Å²) >= 11 is 0. The van der Waals surface area contributed by atoms with Crippen LogP contribution in [-0.2, 0) is 20.8 Å². The van der Waals surface area contributed by atoms with Gasteiger partial charge >= 0.3 is 5.97 Å². The Morgan fingerprint density at radius 2 is 2.00 bits per heavy atom. The second-order valence-electron chi connectivity index (χ2n) is 6.75. The number of aliphatic carboxylic acids is 1. The molecule has 3 rings (SSSR count). The molecule has 0 bridgehead atoms. The third kappa shape index (κ3) is 3.97. The number of rotatable bonds is 5. The molecular weight excluding hydrogens is 327 g/mol. The van der Waals surface area contributed by atoms with Crippen molar-refractivity contribution in [1.29, 1.82) is 0 Å². The Balaban J connectivity index is 1.61. The zero-order chi connectivity index (χ0) is 18.0. The molecule has 6 nitrogen and oxygen atoms in total. The van der Waals surface area contributed by atoms with Gasteiger partial charge < -0.3 is 15.3 Å². The van der Waals surface area contributed by atoms with Crippen molar-refractivity contribution in [2.24, 2.45) is 5.92 Å². The standard InChI is InChI=1S/C18H21FN2O4/c19-15-9-13(6-5-11(15)8-17(23)24)20-18(25)12-7-16(22)21(10-12)14-3-1-2-4-14/h5-6,9,12,14H,1-4,7-8,10H2,(H,20,25)(H,23,24). The minimum Gasteiger partial charge on any atom is -0.481 e. The predicted molar refractivity (Wildman–Crippen MR) is 88.4 cm³/mol. The van der Waals surface area contributed by atoms with Crippen molar-refractivity contribution in [3.8, 4) is 0 Å². The Bertz CT molecular complexity index is 700. The number of carboxylic acids is 1. The number of hydrogen-bond donors (Lipinski definition) is 2. The molecule has 25 heavy (non-hydrogen) atoms. The lowest BCUT2D eigenvalue weighted by Gasteiger charge is -2.23. The Kier molecular flexibility index (Phi) is 5.01. The molecule has 1 aromatic rings. The fourth-order valence-corrected chi connectivity index (χ4v) is 3.65. The maximum Gasteiger partial charge on any atom is 0.307 e. The topological polar surface area (TPSA) is 86.7 Å². The van der Waals surface area contributed by atoms with Gasteiger partial charge in [0.15, 0.2) is 0 Å². The number of amides is 2. The van der Waals surface area contributed by atoms with Crippen LogP contribution in [-0.4, -0.2) is 40.4 Å². The van der Waals surface area contributed by atoms with Crippen molar-refractivity contribution in [3.63, 3.8) is 0 Å². The van der Waals surface area contributed by atoms with Crippen molar-refractivity contribution < 1.29 is 23.9 Å². The van der Waals surface area contributed by atoms with Crippen molar-refractivity contribution in [3.05, 3.63) is 29.6 Å². The first-order valence-corrected chi connectivity index (χ1v) is 8.54. The molecule has 1 heterocycles. The average molecular weight is 348 g/mol. The summed E-state index contributed by atoms with van der Waals surface area (Å²) in [7, 11) is 0. The lowest BCUT2D eigenvalue weighted by atomic mass is 10.1. The van der Waals surface area contributed by atoms with Crippen LogP contribution in [0.5, 0.6) is 0 Å². The van der Waals surface area contributed by atoms with E-state index in [0.29, 0.717) is 6.54 Å². The molecule has 0 spiro atoms. The molecule has 1 saturated heterocycles. The number of hydrogen-bond acceptors (Lipinski definition) is 3. The highest BCUT2D eigenvalue weighted by atomic mass is 19.1. The smallest absolute Gasteiger partial charge is 0.307 e. The van der Waals surface area contributed by atoms with E-state index in [9.17, 15) is 18.8 Å². The molecule has 2 fully saturated rings. The van der Waals surface area contributed by atoms with E-state index in [1.807, 2.05) is 4.90 Å². The first-order valence-electron chi connectivity index (χ1n) is 8.54. The first kappa shape index (κ1) is 17.4. The summed E-state index contributed by atoms with van der Waals surface area (Å²) in [6, 6.07) is 4.19. The lowest BCUT2D eigenvalue weighted by molar-refractivity contribution is -0.136. The van der Waals surface area contributed by atoms with Crippen molar-refractivity contribution in [1.82, 2.24) is 4.90 Å². The van der Waals surface area contributed by atoms with Gasteiger partial charge in [0.2, 0.25) is 11.8 Å². The van der Waals surface area contributed by atoms with E-state index in [1.54, 1.807) is 0 Å². The van der Waals surface area contributed by atoms with E-state index in [2.05, 4.69) is 5.32 Å². The summed E-state index contributed by atoms with van der Waals surface area (Å²) in [5.41, 5.74) is 0.331. The van der Waals surface area contributed by atoms with Crippen LogP contribution in [0.3, 0.4) is 0 Å². The molecule has 2 N–H and O–H groups in total. The first-order chi connectivity index (χ1) is 11.9. The minimum atomic E-state index is -1.12. The maximum atomic E-state index is 13.9. The van der Waals surface area contributed by atoms with E-state index in [1.165, 1.54) is 12.1 Å². The van der Waals surface area contributed by atoms with Crippen LogP contribution in [0, 0.1) is 11.7 Å². The summed E-state index contributed by atoms with van der Waals surface area (Å²) < 4.78 is 13.9. The van der Waals surface area contributed by atoms with E-state index in [-0.39, 0.29) is 35.5 Å². The number of halogens is 1. The molecule has 1 aliphatic carbocycles. The Morgan fingerprint density at radius 1 is 1.28 bits per heavy atom. The van der Waals surface area contributed by atoms with Crippen molar-refractivity contribution >= 4 is 23.5 Å². The van der Waals surface area contributed by atoms with Crippen LogP contribution in [0.1, 0.15) is 37.7 Å². The fraction of sp³-hybridized carbons (Fsp3) is 0.500. The summed E-state index contributed by atoms with van der Waals surface area (Å²) in [5.74, 6) is -2.52. The SMILES string of the molecule is O=C(O)Cc1ccc(NC(=O)C2CC(=O)N(C3CCCC3)C2)cc1F. The van der Waals surface area contributed by atoms with Crippen molar-refractivity contribution in [2.45, 2.75) is 44.6 Å². The number of carbonyl (C=O) groups excluding carboxylic acids is 2. The molecule has 1 atom stereocenters. The quantitative estimate of drug-likeness (QED) is 0.854. The number of nitrogens with one attached hydrogen (secondary N) is 1. The van der Waals surface area contributed by atoms with Gasteiger partial charge in [0, 0.05) is 24.7 Å². The Morgan fingerprint density at radius 3 is 2.64 bits per heavy atom. The number of nitrogens with zero attached hydrogens (tertiary/aromatic N) is 1. The molecule has 1 unspecified atom stereocenters. The molecular formula is C18H21FN2O4. The van der Waals surface area contributed by atoms with Crippen LogP contribution in [0.2, 0.25) is 0 Å². The highest BCUT2D eigenvalue weighted by Gasteiger charge is 2.38. The van der Waals surface area contributed by atoms with E-state index >= 15 is 0 Å². The molecule has 1 aliphatic heterocycles. The van der Waals surface area contributed by atoms with Crippen LogP contribution >= 0.6 is 0 Å². The van der Waals surface area contributed by atoms with Gasteiger partial charge in [0.05, 0.1) is 12.3 Å². The van der Waals surface area contributed by atoms with E-state index < -0.39 is 24.1 Å². The second-order valence-corrected chi connectivity index (χ2v) is 6.75. The summed E-state index contributed by atoms with van der Waals surface area (Å²) in [6.45, 7) is 0.412. The predicted octanol–water partition coefficient (Wildman–Crippen LogP) is 2.18. The van der Waals surface area contributed by atoms with Gasteiger partial charge in [-0.25, -0.2) is 4.39 Å².